The zero-order chi connectivity index (χ0) is 8.20. The lowest BCUT2D eigenvalue weighted by molar-refractivity contribution is -0.0142. The molecular weight excluding hydrogens is 126 g/mol. The third kappa shape index (κ3) is 2.27. The average Bonchev–Trinajstić information content (AvgIpc) is 1.88. The van der Waals surface area contributed by atoms with E-state index in [0.29, 0.717) is 18.9 Å². The highest BCUT2D eigenvalue weighted by Crippen LogP contribution is 2.23. The molecule has 1 atom stereocenters. The van der Waals surface area contributed by atoms with Crippen LogP contribution in [0.25, 0.3) is 0 Å². The molecule has 3 N–H and O–H groups in total. The molecule has 62 valence electrons. The quantitative estimate of drug-likeness (QED) is 0.623. The minimum absolute atomic E-state index is 0.307. The maximum atomic E-state index is 9.82. The highest BCUT2D eigenvalue weighted by molar-refractivity contribution is 4.80. The van der Waals surface area contributed by atoms with E-state index in [1.165, 1.54) is 0 Å². The van der Waals surface area contributed by atoms with Crippen LogP contribution in [-0.4, -0.2) is 17.3 Å². The van der Waals surface area contributed by atoms with Crippen LogP contribution >= 0.6 is 0 Å². The number of aliphatic hydroxyl groups is 1. The zero-order valence-electron chi connectivity index (χ0n) is 7.22. The molecule has 0 saturated carbocycles. The topological polar surface area (TPSA) is 46.2 Å². The molecule has 0 aliphatic heterocycles. The predicted molar refractivity (Wildman–Crippen MR) is 43.8 cm³/mol. The fourth-order valence-corrected chi connectivity index (χ4v) is 1.12. The fourth-order valence-electron chi connectivity index (χ4n) is 1.12. The summed E-state index contributed by atoms with van der Waals surface area (Å²) in [5.41, 5.74) is 4.84. The summed E-state index contributed by atoms with van der Waals surface area (Å²) in [7, 11) is 0. The molecule has 0 aromatic carbocycles. The number of hydrogen-bond acceptors (Lipinski definition) is 2. The first kappa shape index (κ1) is 9.92. The van der Waals surface area contributed by atoms with Crippen LogP contribution < -0.4 is 5.73 Å². The summed E-state index contributed by atoms with van der Waals surface area (Å²) in [5.74, 6) is 0.307. The summed E-state index contributed by atoms with van der Waals surface area (Å²) >= 11 is 0. The van der Waals surface area contributed by atoms with Crippen LogP contribution in [0.1, 0.15) is 33.6 Å². The minimum Gasteiger partial charge on any atom is -0.390 e. The maximum absolute atomic E-state index is 9.82. The van der Waals surface area contributed by atoms with Gasteiger partial charge in [0, 0.05) is 0 Å². The maximum Gasteiger partial charge on any atom is 0.0679 e. The predicted octanol–water partition coefficient (Wildman–Crippen LogP) is 1.13. The lowest BCUT2D eigenvalue weighted by atomic mass is 9.85. The van der Waals surface area contributed by atoms with Crippen molar-refractivity contribution in [2.45, 2.75) is 39.2 Å². The largest absolute Gasteiger partial charge is 0.390 e. The van der Waals surface area contributed by atoms with Gasteiger partial charge >= 0.3 is 0 Å². The van der Waals surface area contributed by atoms with Gasteiger partial charge in [-0.2, -0.15) is 0 Å². The van der Waals surface area contributed by atoms with E-state index in [4.69, 9.17) is 5.73 Å². The number of rotatable bonds is 4. The second-order valence-corrected chi connectivity index (χ2v) is 3.15. The van der Waals surface area contributed by atoms with E-state index < -0.39 is 5.60 Å². The standard InChI is InChI=1S/C8H19NO/c1-4-8(10,5-6-9)7(2)3/h7,10H,4-6,9H2,1-3H3. The van der Waals surface area contributed by atoms with Crippen molar-refractivity contribution < 1.29 is 5.11 Å². The van der Waals surface area contributed by atoms with Crippen LogP contribution in [0.5, 0.6) is 0 Å². The van der Waals surface area contributed by atoms with Gasteiger partial charge in [-0.3, -0.25) is 0 Å². The summed E-state index contributed by atoms with van der Waals surface area (Å²) in [6.45, 7) is 6.62. The molecule has 0 spiro atoms. The second kappa shape index (κ2) is 3.94. The van der Waals surface area contributed by atoms with Gasteiger partial charge in [0.25, 0.3) is 0 Å². The Morgan fingerprint density at radius 2 is 2.00 bits per heavy atom. The molecule has 0 aromatic heterocycles. The van der Waals surface area contributed by atoms with Crippen molar-refractivity contribution in [2.24, 2.45) is 11.7 Å². The summed E-state index contributed by atoms with van der Waals surface area (Å²) in [4.78, 5) is 0. The molecule has 0 heterocycles. The van der Waals surface area contributed by atoms with E-state index in [2.05, 4.69) is 0 Å². The Labute approximate surface area is 63.4 Å². The fraction of sp³-hybridized carbons (Fsp3) is 1.00. The first-order valence-corrected chi connectivity index (χ1v) is 3.99. The third-order valence-electron chi connectivity index (χ3n) is 2.26. The van der Waals surface area contributed by atoms with Crippen LogP contribution in [0, 0.1) is 5.92 Å². The molecule has 0 rings (SSSR count). The van der Waals surface area contributed by atoms with Crippen molar-refractivity contribution >= 4 is 0 Å². The van der Waals surface area contributed by atoms with Crippen LogP contribution in [0.4, 0.5) is 0 Å². The Morgan fingerprint density at radius 1 is 1.50 bits per heavy atom. The van der Waals surface area contributed by atoms with Crippen molar-refractivity contribution in [3.8, 4) is 0 Å². The highest BCUT2D eigenvalue weighted by atomic mass is 16.3. The molecule has 0 aliphatic rings. The Kier molecular flexibility index (Phi) is 3.91. The van der Waals surface area contributed by atoms with E-state index >= 15 is 0 Å². The number of nitrogens with two attached hydrogens (primary N) is 1. The molecule has 0 fully saturated rings. The van der Waals surface area contributed by atoms with Crippen molar-refractivity contribution in [2.75, 3.05) is 6.54 Å². The van der Waals surface area contributed by atoms with Gasteiger partial charge in [0.15, 0.2) is 0 Å². The van der Waals surface area contributed by atoms with Gasteiger partial charge in [-0.25, -0.2) is 0 Å². The summed E-state index contributed by atoms with van der Waals surface area (Å²) in [6, 6.07) is 0. The first-order chi connectivity index (χ1) is 4.56. The first-order valence-electron chi connectivity index (χ1n) is 3.99. The van der Waals surface area contributed by atoms with Crippen LogP contribution in [-0.2, 0) is 0 Å². The molecule has 2 nitrogen and oxygen atoms in total. The number of hydrogen-bond donors (Lipinski definition) is 2. The SMILES string of the molecule is CCC(O)(CCN)C(C)C. The van der Waals surface area contributed by atoms with Crippen LogP contribution in [0.3, 0.4) is 0 Å². The van der Waals surface area contributed by atoms with Crippen molar-refractivity contribution in [3.63, 3.8) is 0 Å². The van der Waals surface area contributed by atoms with Gasteiger partial charge in [-0.05, 0) is 25.3 Å². The smallest absolute Gasteiger partial charge is 0.0679 e. The summed E-state index contributed by atoms with van der Waals surface area (Å²) in [5, 5.41) is 9.82. The molecule has 0 amide bonds. The lowest BCUT2D eigenvalue weighted by Crippen LogP contribution is -2.36. The summed E-state index contributed by atoms with van der Waals surface area (Å²) in [6.07, 6.45) is 1.50. The average molecular weight is 145 g/mol. The van der Waals surface area contributed by atoms with Crippen molar-refractivity contribution in [1.82, 2.24) is 0 Å². The molecule has 0 radical (unpaired) electrons. The molecule has 1 unspecified atom stereocenters. The second-order valence-electron chi connectivity index (χ2n) is 3.15. The van der Waals surface area contributed by atoms with Crippen LogP contribution in [0.15, 0.2) is 0 Å². The molecule has 2 heteroatoms. The summed E-state index contributed by atoms with van der Waals surface area (Å²) < 4.78 is 0. The Hall–Kier alpha value is -0.0800. The molecule has 0 aliphatic carbocycles. The van der Waals surface area contributed by atoms with E-state index in [0.717, 1.165) is 6.42 Å². The van der Waals surface area contributed by atoms with Gasteiger partial charge in [0.1, 0.15) is 0 Å². The molecule has 0 aromatic rings. The van der Waals surface area contributed by atoms with E-state index in [1.54, 1.807) is 0 Å². The van der Waals surface area contributed by atoms with E-state index in [1.807, 2.05) is 20.8 Å². The van der Waals surface area contributed by atoms with E-state index in [9.17, 15) is 5.11 Å². The van der Waals surface area contributed by atoms with Gasteiger partial charge in [0.2, 0.25) is 0 Å². The van der Waals surface area contributed by atoms with E-state index in [-0.39, 0.29) is 0 Å². The van der Waals surface area contributed by atoms with Gasteiger partial charge in [-0.1, -0.05) is 20.8 Å². The van der Waals surface area contributed by atoms with Gasteiger partial charge in [-0.15, -0.1) is 0 Å². The van der Waals surface area contributed by atoms with Crippen molar-refractivity contribution in [1.29, 1.82) is 0 Å². The lowest BCUT2D eigenvalue weighted by Gasteiger charge is -2.30. The molecular formula is C8H19NO. The van der Waals surface area contributed by atoms with Gasteiger partial charge in [0.05, 0.1) is 5.60 Å². The van der Waals surface area contributed by atoms with Crippen LogP contribution in [0.2, 0.25) is 0 Å². The molecule has 0 bridgehead atoms. The Bertz CT molecular complexity index is 93.3. The minimum atomic E-state index is -0.533. The normalized spacial score (nSPS) is 17.4. The zero-order valence-corrected chi connectivity index (χ0v) is 7.22. The Morgan fingerprint density at radius 3 is 2.10 bits per heavy atom. The van der Waals surface area contributed by atoms with Crippen molar-refractivity contribution in [3.05, 3.63) is 0 Å². The molecule has 10 heavy (non-hydrogen) atoms. The van der Waals surface area contributed by atoms with Gasteiger partial charge < -0.3 is 10.8 Å². The monoisotopic (exact) mass is 145 g/mol. The third-order valence-corrected chi connectivity index (χ3v) is 2.26. The Balaban J connectivity index is 3.94. The molecule has 0 saturated heterocycles. The highest BCUT2D eigenvalue weighted by Gasteiger charge is 2.27.